The molecule has 1 amide bonds. The van der Waals surface area contributed by atoms with Crippen molar-refractivity contribution in [2.24, 2.45) is 0 Å². The minimum atomic E-state index is -0.302. The van der Waals surface area contributed by atoms with Gasteiger partial charge in [0.1, 0.15) is 5.82 Å². The first-order valence-corrected chi connectivity index (χ1v) is 12.4. The standard InChI is InChI=1S/C25H30FN3O3S/c1-17(30)27-16-20-7-9-24(33-20)22(31)5-3-2-4-12-29-13-10-18(11-14-29)25-21-8-6-19(26)15-23(21)32-28-25/h6-9,15,18H,2-5,10-14,16H2,1H3,(H,27,30). The fourth-order valence-electron chi connectivity index (χ4n) is 4.41. The normalized spacial score (nSPS) is 15.2. The maximum atomic E-state index is 13.4. The van der Waals surface area contributed by atoms with Crippen LogP contribution in [0.1, 0.15) is 71.6 Å². The largest absolute Gasteiger partial charge is 0.356 e. The number of hydrogen-bond donors (Lipinski definition) is 1. The van der Waals surface area contributed by atoms with Crippen LogP contribution in [0.15, 0.2) is 34.9 Å². The second-order valence-electron chi connectivity index (χ2n) is 8.73. The Balaban J connectivity index is 1.13. The van der Waals surface area contributed by atoms with Crippen LogP contribution in [0.5, 0.6) is 0 Å². The molecule has 1 aliphatic heterocycles. The van der Waals surface area contributed by atoms with Crippen LogP contribution in [0.2, 0.25) is 0 Å². The SMILES string of the molecule is CC(=O)NCc1ccc(C(=O)CCCCCN2CCC(c3noc4cc(F)ccc34)CC2)s1. The maximum Gasteiger partial charge on any atom is 0.217 e. The molecule has 8 heteroatoms. The molecule has 0 bridgehead atoms. The van der Waals surface area contributed by atoms with Gasteiger partial charge in [-0.2, -0.15) is 0 Å². The van der Waals surface area contributed by atoms with Gasteiger partial charge in [0.05, 0.1) is 17.1 Å². The molecule has 0 spiro atoms. The predicted octanol–water partition coefficient (Wildman–Crippen LogP) is 5.29. The van der Waals surface area contributed by atoms with Crippen LogP contribution in [0.25, 0.3) is 11.0 Å². The lowest BCUT2D eigenvalue weighted by atomic mass is 9.91. The van der Waals surface area contributed by atoms with E-state index in [1.54, 1.807) is 6.07 Å². The fourth-order valence-corrected chi connectivity index (χ4v) is 5.33. The molecule has 176 valence electrons. The highest BCUT2D eigenvalue weighted by Gasteiger charge is 2.25. The molecular formula is C25H30FN3O3S. The highest BCUT2D eigenvalue weighted by atomic mass is 32.1. The van der Waals surface area contributed by atoms with Gasteiger partial charge in [0.15, 0.2) is 11.4 Å². The number of fused-ring (bicyclic) bond motifs is 1. The number of rotatable bonds is 10. The number of hydrogen-bond acceptors (Lipinski definition) is 6. The summed E-state index contributed by atoms with van der Waals surface area (Å²) in [6.07, 6.45) is 5.64. The van der Waals surface area contributed by atoms with E-state index in [4.69, 9.17) is 4.52 Å². The summed E-state index contributed by atoms with van der Waals surface area (Å²) in [7, 11) is 0. The highest BCUT2D eigenvalue weighted by molar-refractivity contribution is 7.14. The molecule has 3 aromatic rings. The molecule has 3 heterocycles. The Morgan fingerprint density at radius 2 is 2.00 bits per heavy atom. The second kappa shape index (κ2) is 11.0. The van der Waals surface area contributed by atoms with Gasteiger partial charge in [0, 0.05) is 35.6 Å². The number of thiophene rings is 1. The molecule has 1 fully saturated rings. The number of benzene rings is 1. The number of likely N-dealkylation sites (tertiary alicyclic amines) is 1. The van der Waals surface area contributed by atoms with Gasteiger partial charge in [-0.25, -0.2) is 4.39 Å². The molecule has 2 aromatic heterocycles. The monoisotopic (exact) mass is 471 g/mol. The van der Waals surface area contributed by atoms with Crippen LogP contribution in [0.3, 0.4) is 0 Å². The Morgan fingerprint density at radius 3 is 2.79 bits per heavy atom. The molecule has 0 radical (unpaired) electrons. The van der Waals surface area contributed by atoms with Crippen molar-refractivity contribution in [3.05, 3.63) is 51.6 Å². The van der Waals surface area contributed by atoms with Crippen molar-refractivity contribution in [3.8, 4) is 0 Å². The van der Waals surface area contributed by atoms with E-state index in [0.717, 1.165) is 72.6 Å². The molecule has 0 aliphatic carbocycles. The molecular weight excluding hydrogens is 441 g/mol. The summed E-state index contributed by atoms with van der Waals surface area (Å²) >= 11 is 1.47. The number of aromatic nitrogens is 1. The number of piperidine rings is 1. The number of ketones is 1. The first kappa shape index (κ1) is 23.6. The highest BCUT2D eigenvalue weighted by Crippen LogP contribution is 2.32. The van der Waals surface area contributed by atoms with Crippen LogP contribution >= 0.6 is 11.3 Å². The number of nitrogens with one attached hydrogen (secondary N) is 1. The number of unbranched alkanes of at least 4 members (excludes halogenated alkanes) is 2. The molecule has 0 atom stereocenters. The summed E-state index contributed by atoms with van der Waals surface area (Å²) in [4.78, 5) is 27.7. The number of halogens is 1. The zero-order valence-electron chi connectivity index (χ0n) is 18.9. The van der Waals surface area contributed by atoms with Crippen molar-refractivity contribution in [3.63, 3.8) is 0 Å². The number of amides is 1. The van der Waals surface area contributed by atoms with Crippen molar-refractivity contribution in [2.45, 2.75) is 57.9 Å². The van der Waals surface area contributed by atoms with Gasteiger partial charge in [0.2, 0.25) is 5.91 Å². The van der Waals surface area contributed by atoms with Crippen LogP contribution in [0, 0.1) is 5.82 Å². The lowest BCUT2D eigenvalue weighted by Gasteiger charge is -2.31. The lowest BCUT2D eigenvalue weighted by molar-refractivity contribution is -0.119. The van der Waals surface area contributed by atoms with Crippen molar-refractivity contribution in [1.29, 1.82) is 0 Å². The molecule has 0 saturated carbocycles. The molecule has 33 heavy (non-hydrogen) atoms. The smallest absolute Gasteiger partial charge is 0.217 e. The van der Waals surface area contributed by atoms with Gasteiger partial charge in [0.25, 0.3) is 0 Å². The lowest BCUT2D eigenvalue weighted by Crippen LogP contribution is -2.33. The Morgan fingerprint density at radius 1 is 1.18 bits per heavy atom. The molecule has 6 nitrogen and oxygen atoms in total. The van der Waals surface area contributed by atoms with Gasteiger partial charge in [-0.1, -0.05) is 11.6 Å². The van der Waals surface area contributed by atoms with Gasteiger partial charge in [-0.15, -0.1) is 11.3 Å². The Hall–Kier alpha value is -2.58. The number of carbonyl (C=O) groups is 2. The summed E-state index contributed by atoms with van der Waals surface area (Å²) in [6.45, 7) is 5.06. The van der Waals surface area contributed by atoms with Crippen LogP contribution in [-0.2, 0) is 11.3 Å². The predicted molar refractivity (Wildman–Crippen MR) is 127 cm³/mol. The summed E-state index contributed by atoms with van der Waals surface area (Å²) in [5.74, 6) is 0.175. The zero-order chi connectivity index (χ0) is 23.2. The van der Waals surface area contributed by atoms with E-state index in [1.165, 1.54) is 30.4 Å². The summed E-state index contributed by atoms with van der Waals surface area (Å²) in [5, 5.41) is 7.91. The van der Waals surface area contributed by atoms with Gasteiger partial charge in [-0.3, -0.25) is 9.59 Å². The fraction of sp³-hybridized carbons (Fsp3) is 0.480. The third kappa shape index (κ3) is 6.26. The van der Waals surface area contributed by atoms with Crippen LogP contribution < -0.4 is 5.32 Å². The topological polar surface area (TPSA) is 75.4 Å². The second-order valence-corrected chi connectivity index (χ2v) is 9.90. The van der Waals surface area contributed by atoms with E-state index >= 15 is 0 Å². The first-order valence-electron chi connectivity index (χ1n) is 11.6. The summed E-state index contributed by atoms with van der Waals surface area (Å²) in [6, 6.07) is 8.41. The number of nitrogens with zero attached hydrogens (tertiary/aromatic N) is 2. The van der Waals surface area contributed by atoms with E-state index in [1.807, 2.05) is 12.1 Å². The number of Topliss-reactive ketones (excluding diaryl/α,β-unsaturated/α-hetero) is 1. The van der Waals surface area contributed by atoms with E-state index < -0.39 is 0 Å². The van der Waals surface area contributed by atoms with Crippen molar-refractivity contribution < 1.29 is 18.5 Å². The molecule has 1 saturated heterocycles. The van der Waals surface area contributed by atoms with Crippen molar-refractivity contribution in [2.75, 3.05) is 19.6 Å². The molecule has 0 unspecified atom stereocenters. The third-order valence-electron chi connectivity index (χ3n) is 6.26. The third-order valence-corrected chi connectivity index (χ3v) is 7.39. The quantitative estimate of drug-likeness (QED) is 0.321. The average molecular weight is 472 g/mol. The minimum Gasteiger partial charge on any atom is -0.356 e. The first-order chi connectivity index (χ1) is 16.0. The van der Waals surface area contributed by atoms with Crippen molar-refractivity contribution >= 4 is 34.0 Å². The molecule has 1 N–H and O–H groups in total. The zero-order valence-corrected chi connectivity index (χ0v) is 19.8. The Labute approximate surface area is 197 Å². The average Bonchev–Trinajstić information content (AvgIpc) is 3.45. The van der Waals surface area contributed by atoms with Crippen molar-refractivity contribution in [1.82, 2.24) is 15.4 Å². The Kier molecular flexibility index (Phi) is 7.88. The van der Waals surface area contributed by atoms with E-state index in [9.17, 15) is 14.0 Å². The van der Waals surface area contributed by atoms with Crippen LogP contribution in [-0.4, -0.2) is 41.4 Å². The summed E-state index contributed by atoms with van der Waals surface area (Å²) < 4.78 is 18.7. The molecule has 4 rings (SSSR count). The summed E-state index contributed by atoms with van der Waals surface area (Å²) in [5.41, 5.74) is 1.48. The van der Waals surface area contributed by atoms with E-state index in [2.05, 4.69) is 15.4 Å². The van der Waals surface area contributed by atoms with E-state index in [-0.39, 0.29) is 17.5 Å². The van der Waals surface area contributed by atoms with Gasteiger partial charge < -0.3 is 14.7 Å². The van der Waals surface area contributed by atoms with Gasteiger partial charge in [-0.05, 0) is 69.6 Å². The Bertz CT molecular complexity index is 1100. The van der Waals surface area contributed by atoms with E-state index in [0.29, 0.717) is 24.5 Å². The number of carbonyl (C=O) groups excluding carboxylic acids is 2. The minimum absolute atomic E-state index is 0.0659. The van der Waals surface area contributed by atoms with Crippen LogP contribution in [0.4, 0.5) is 4.39 Å². The maximum absolute atomic E-state index is 13.4. The molecule has 1 aliphatic rings. The van der Waals surface area contributed by atoms with Gasteiger partial charge >= 0.3 is 0 Å². The molecule has 1 aromatic carbocycles.